The number of amides is 8. The van der Waals surface area contributed by atoms with Crippen LogP contribution in [0.3, 0.4) is 0 Å². The number of anilines is 1. The number of nitrogens with one attached hydrogen (secondary N) is 4. The standard InChI is InChI=1S/C75H121N9O17/c1-15-50(8)68(63(97-13)43-65(90)84-37-23-31-60(84)70(98-14)51(9)71(92)79-52(10)69(91)54-25-18-16-19-26-54)82(11)73(94)59(47(2)3)42-62(88)67(49(6)7)83(12)75(96)101-45-53-32-34-56(35-33-53)80-72(93)55(27-22-36-78-74(77)95)41-61(87)66(48(4)5)81-64(89)46-100-40-39-99-38-24-30-57(85)28-20-17-21-29-58(86)44-76/h16,18-19,25-26,32-35,47-52,55,59-60,63,66-70,91H,15,17,20-24,27-31,36-46,76H2,1-14H3,(H,79,92)(H,80,93)(H,81,89)(H3,77,78,95)/t50-,51+,52+,55+,59-,60-,63+,66-,67?,68-,69+,70+/m0/s1. The van der Waals surface area contributed by atoms with Crippen molar-refractivity contribution in [3.8, 4) is 0 Å². The maximum Gasteiger partial charge on any atom is 0.410 e. The van der Waals surface area contributed by atoms with Gasteiger partial charge in [-0.25, -0.2) is 9.59 Å². The van der Waals surface area contributed by atoms with E-state index in [1.54, 1.807) is 94.8 Å². The molecular formula is C75H121N9O17. The quantitative estimate of drug-likeness (QED) is 0.0313. The summed E-state index contributed by atoms with van der Waals surface area (Å²) in [5.41, 5.74) is 12.2. The number of ketones is 4. The lowest BCUT2D eigenvalue weighted by molar-refractivity contribution is -0.149. The van der Waals surface area contributed by atoms with Gasteiger partial charge in [0.2, 0.25) is 29.5 Å². The van der Waals surface area contributed by atoms with Crippen LogP contribution in [0.1, 0.15) is 183 Å². The summed E-state index contributed by atoms with van der Waals surface area (Å²) in [5.74, 6) is -6.03. The third kappa shape index (κ3) is 29.9. The molecule has 1 heterocycles. The van der Waals surface area contributed by atoms with Crippen LogP contribution in [0.5, 0.6) is 0 Å². The van der Waals surface area contributed by atoms with Gasteiger partial charge in [0, 0.05) is 97.6 Å². The third-order valence-corrected chi connectivity index (χ3v) is 19.2. The van der Waals surface area contributed by atoms with Gasteiger partial charge in [-0.15, -0.1) is 0 Å². The van der Waals surface area contributed by atoms with Crippen molar-refractivity contribution in [2.75, 3.05) is 79.7 Å². The second-order valence-corrected chi connectivity index (χ2v) is 28.0. The van der Waals surface area contributed by atoms with Crippen LogP contribution < -0.4 is 32.7 Å². The molecule has 1 fully saturated rings. The highest BCUT2D eigenvalue weighted by atomic mass is 16.6. The van der Waals surface area contributed by atoms with E-state index in [4.69, 9.17) is 35.2 Å². The second kappa shape index (κ2) is 46.4. The van der Waals surface area contributed by atoms with Crippen LogP contribution in [0.4, 0.5) is 15.3 Å². The molecule has 1 aliphatic heterocycles. The van der Waals surface area contributed by atoms with E-state index < -0.39 is 90.2 Å². The van der Waals surface area contributed by atoms with Crippen molar-refractivity contribution in [2.24, 2.45) is 52.9 Å². The van der Waals surface area contributed by atoms with Gasteiger partial charge in [-0.1, -0.05) is 118 Å². The number of ether oxygens (including phenoxy) is 5. The Bertz CT molecular complexity index is 2920. The smallest absolute Gasteiger partial charge is 0.410 e. The Morgan fingerprint density at radius 1 is 0.693 bits per heavy atom. The molecule has 0 spiro atoms. The predicted molar refractivity (Wildman–Crippen MR) is 384 cm³/mol. The fourth-order valence-corrected chi connectivity index (χ4v) is 13.1. The van der Waals surface area contributed by atoms with Crippen molar-refractivity contribution in [1.82, 2.24) is 30.7 Å². The number of rotatable bonds is 50. The Balaban J connectivity index is 1.62. The maximum absolute atomic E-state index is 14.9. The van der Waals surface area contributed by atoms with E-state index in [0.717, 1.165) is 19.3 Å². The lowest BCUT2D eigenvalue weighted by atomic mass is 9.83. The van der Waals surface area contributed by atoms with E-state index in [1.807, 2.05) is 45.9 Å². The molecule has 101 heavy (non-hydrogen) atoms. The molecule has 0 saturated carbocycles. The molecule has 0 aromatic heterocycles. The monoisotopic (exact) mass is 1420 g/mol. The number of hydrogen-bond acceptors (Lipinski definition) is 18. The van der Waals surface area contributed by atoms with Gasteiger partial charge in [-0.2, -0.15) is 0 Å². The Hall–Kier alpha value is -7.23. The lowest BCUT2D eigenvalue weighted by Gasteiger charge is -2.41. The Morgan fingerprint density at radius 2 is 1.34 bits per heavy atom. The van der Waals surface area contributed by atoms with E-state index in [-0.39, 0.29) is 130 Å². The van der Waals surface area contributed by atoms with Crippen LogP contribution in [0, 0.1) is 41.4 Å². The number of benzene rings is 2. The summed E-state index contributed by atoms with van der Waals surface area (Å²) in [6.45, 7) is 19.1. The van der Waals surface area contributed by atoms with E-state index in [0.29, 0.717) is 81.3 Å². The minimum atomic E-state index is -0.975. The average molecular weight is 1420 g/mol. The van der Waals surface area contributed by atoms with Crippen LogP contribution in [0.15, 0.2) is 54.6 Å². The highest BCUT2D eigenvalue weighted by molar-refractivity contribution is 5.98. The van der Waals surface area contributed by atoms with Crippen molar-refractivity contribution < 1.29 is 81.5 Å². The minimum absolute atomic E-state index is 0.0147. The summed E-state index contributed by atoms with van der Waals surface area (Å²) in [4.78, 5) is 152. The molecule has 8 amide bonds. The zero-order valence-electron chi connectivity index (χ0n) is 62.6. The first-order valence-electron chi connectivity index (χ1n) is 36.1. The number of nitrogens with two attached hydrogens (primary N) is 2. The first-order valence-corrected chi connectivity index (χ1v) is 36.1. The first-order chi connectivity index (χ1) is 47.9. The summed E-state index contributed by atoms with van der Waals surface area (Å²) in [6, 6.07) is 11.3. The maximum atomic E-state index is 14.9. The number of aliphatic hydroxyl groups is 1. The molecule has 0 radical (unpaired) electrons. The molecule has 0 bridgehead atoms. The number of likely N-dealkylation sites (tertiary alicyclic amines) is 1. The number of hydrogen-bond donors (Lipinski definition) is 7. The number of aliphatic hydroxyl groups excluding tert-OH is 1. The highest BCUT2D eigenvalue weighted by Gasteiger charge is 2.44. The first kappa shape index (κ1) is 88.0. The second-order valence-electron chi connectivity index (χ2n) is 28.0. The van der Waals surface area contributed by atoms with Crippen molar-refractivity contribution in [3.63, 3.8) is 0 Å². The summed E-state index contributed by atoms with van der Waals surface area (Å²) in [5, 5.41) is 22.0. The molecule has 26 nitrogen and oxygen atoms in total. The highest BCUT2D eigenvalue weighted by Crippen LogP contribution is 2.32. The van der Waals surface area contributed by atoms with Gasteiger partial charge in [-0.05, 0) is 98.8 Å². The van der Waals surface area contributed by atoms with Crippen molar-refractivity contribution >= 4 is 70.5 Å². The zero-order valence-corrected chi connectivity index (χ0v) is 62.6. The normalized spacial score (nSPS) is 16.3. The Morgan fingerprint density at radius 3 is 1.93 bits per heavy atom. The number of primary amides is 1. The molecule has 2 aromatic rings. The third-order valence-electron chi connectivity index (χ3n) is 19.2. The lowest BCUT2D eigenvalue weighted by Crippen LogP contribution is -2.55. The summed E-state index contributed by atoms with van der Waals surface area (Å²) in [7, 11) is 6.19. The molecule has 568 valence electrons. The molecule has 1 unspecified atom stereocenters. The SMILES string of the molecule is CC[C@H](C)[C@@H]([C@@H](CC(=O)N1CCC[C@H]1[C@H](OC)[C@@H](C)C(=O)N[C@H](C)[C@@H](O)c1ccccc1)OC)N(C)C(=O)[C@@H](CC(=O)C(C(C)C)N(C)C(=O)OCc1ccc(NC(=O)[C@H](CCCNC(N)=O)CC(=O)[C@@H](NC(=O)COCCOCCCC(=O)CCCCCC(=O)CN)C(C)C)cc1)C(C)C. The van der Waals surface area contributed by atoms with Crippen LogP contribution >= 0.6 is 0 Å². The fourth-order valence-electron chi connectivity index (χ4n) is 13.1. The van der Waals surface area contributed by atoms with Crippen molar-refractivity contribution in [2.45, 2.75) is 221 Å². The molecular weight excluding hydrogens is 1300 g/mol. The molecule has 0 aliphatic carbocycles. The van der Waals surface area contributed by atoms with Crippen LogP contribution in [0.25, 0.3) is 0 Å². The predicted octanol–water partition coefficient (Wildman–Crippen LogP) is 7.63. The van der Waals surface area contributed by atoms with Crippen LogP contribution in [-0.4, -0.2) is 201 Å². The molecule has 2 aromatic carbocycles. The number of carbonyl (C=O) groups excluding carboxylic acids is 11. The van der Waals surface area contributed by atoms with E-state index in [9.17, 15) is 57.8 Å². The summed E-state index contributed by atoms with van der Waals surface area (Å²) >= 11 is 0. The topological polar surface area (TPSA) is 364 Å². The average Bonchev–Trinajstić information content (AvgIpc) is 1.80. The molecule has 12 atom stereocenters. The van der Waals surface area contributed by atoms with Gasteiger partial charge in [0.15, 0.2) is 11.6 Å². The molecule has 1 aliphatic rings. The Labute approximate surface area is 599 Å². The van der Waals surface area contributed by atoms with Gasteiger partial charge in [0.25, 0.3) is 0 Å². The molecule has 26 heteroatoms. The van der Waals surface area contributed by atoms with Crippen molar-refractivity contribution in [1.29, 1.82) is 0 Å². The molecule has 9 N–H and O–H groups in total. The summed E-state index contributed by atoms with van der Waals surface area (Å²) in [6.07, 6.45) is 2.81. The van der Waals surface area contributed by atoms with E-state index in [2.05, 4.69) is 21.3 Å². The van der Waals surface area contributed by atoms with Gasteiger partial charge in [0.1, 0.15) is 24.8 Å². The van der Waals surface area contributed by atoms with Gasteiger partial charge in [-0.3, -0.25) is 43.2 Å². The fraction of sp³-hybridized carbons (Fsp3) is 0.693. The Kier molecular flexibility index (Phi) is 40.4. The van der Waals surface area contributed by atoms with Gasteiger partial charge < -0.3 is 76.2 Å². The number of urea groups is 1. The number of Topliss-reactive ketones (excluding diaryl/α,β-unsaturated/α-hetero) is 4. The number of nitrogens with zero attached hydrogens (tertiary/aromatic N) is 3. The van der Waals surface area contributed by atoms with E-state index in [1.165, 1.54) is 26.2 Å². The number of likely N-dealkylation sites (N-methyl/N-ethyl adjacent to an activating group) is 2. The number of methoxy groups -OCH3 is 2. The minimum Gasteiger partial charge on any atom is -0.445 e. The van der Waals surface area contributed by atoms with Crippen LogP contribution in [-0.2, 0) is 73.4 Å². The van der Waals surface area contributed by atoms with Gasteiger partial charge >= 0.3 is 12.1 Å². The molecule has 1 saturated heterocycles. The van der Waals surface area contributed by atoms with Gasteiger partial charge in [0.05, 0.1) is 80.6 Å². The van der Waals surface area contributed by atoms with Crippen molar-refractivity contribution in [3.05, 3.63) is 65.7 Å². The summed E-state index contributed by atoms with van der Waals surface area (Å²) < 4.78 is 28.9. The zero-order chi connectivity index (χ0) is 75.5. The van der Waals surface area contributed by atoms with Crippen LogP contribution in [0.2, 0.25) is 0 Å². The number of unbranched alkanes of at least 4 members (excludes halogenated alkanes) is 2. The molecule has 3 rings (SSSR count). The van der Waals surface area contributed by atoms with E-state index >= 15 is 0 Å². The number of carbonyl (C=O) groups is 11. The largest absolute Gasteiger partial charge is 0.445 e.